The lowest BCUT2D eigenvalue weighted by atomic mass is 10.1. The van der Waals surface area contributed by atoms with Crippen LogP contribution in [-0.2, 0) is 17.7 Å². The average Bonchev–Trinajstić information content (AvgIpc) is 3.09. The number of rotatable bonds is 5. The Bertz CT molecular complexity index is 668. The third kappa shape index (κ3) is 3.68. The zero-order valence-electron chi connectivity index (χ0n) is 14.0. The Labute approximate surface area is 142 Å². The van der Waals surface area contributed by atoms with E-state index in [1.807, 2.05) is 48.0 Å². The molecule has 2 aromatic rings. The summed E-state index contributed by atoms with van der Waals surface area (Å²) in [5, 5.41) is 9.30. The number of hydrogen-bond donors (Lipinski definition) is 1. The van der Waals surface area contributed by atoms with E-state index in [4.69, 9.17) is 4.74 Å². The zero-order chi connectivity index (χ0) is 16.9. The molecule has 2 heterocycles. The topological polar surface area (TPSA) is 54.7 Å². The summed E-state index contributed by atoms with van der Waals surface area (Å²) < 4.78 is 7.53. The van der Waals surface area contributed by atoms with Crippen LogP contribution in [0.15, 0.2) is 48.7 Å². The number of hydrogen-bond acceptors (Lipinski definition) is 3. The highest BCUT2D eigenvalue weighted by molar-refractivity contribution is 5.93. The van der Waals surface area contributed by atoms with Gasteiger partial charge in [0.15, 0.2) is 0 Å². The van der Waals surface area contributed by atoms with Gasteiger partial charge in [-0.1, -0.05) is 30.3 Å². The molecule has 5 nitrogen and oxygen atoms in total. The number of ether oxygens (including phenoxy) is 1. The van der Waals surface area contributed by atoms with Crippen molar-refractivity contribution in [3.63, 3.8) is 0 Å². The van der Waals surface area contributed by atoms with E-state index in [1.54, 1.807) is 4.90 Å². The van der Waals surface area contributed by atoms with Crippen LogP contribution in [0.4, 0.5) is 0 Å². The SMILES string of the molecule is CC1COC(CO)CN1C(=O)c1cccn1CCc1ccccc1. The van der Waals surface area contributed by atoms with Crippen molar-refractivity contribution in [2.24, 2.45) is 0 Å². The predicted molar refractivity (Wildman–Crippen MR) is 91.9 cm³/mol. The van der Waals surface area contributed by atoms with E-state index in [2.05, 4.69) is 12.1 Å². The summed E-state index contributed by atoms with van der Waals surface area (Å²) in [6, 6.07) is 14.0. The number of aliphatic hydroxyl groups excluding tert-OH is 1. The minimum atomic E-state index is -0.294. The molecule has 1 aliphatic rings. The van der Waals surface area contributed by atoms with Crippen LogP contribution in [0.3, 0.4) is 0 Å². The molecule has 0 spiro atoms. The fourth-order valence-electron chi connectivity index (χ4n) is 3.06. The molecule has 24 heavy (non-hydrogen) atoms. The van der Waals surface area contributed by atoms with E-state index in [-0.39, 0.29) is 24.7 Å². The Balaban J connectivity index is 1.70. The molecule has 0 saturated carbocycles. The summed E-state index contributed by atoms with van der Waals surface area (Å²) in [4.78, 5) is 14.7. The highest BCUT2D eigenvalue weighted by atomic mass is 16.5. The van der Waals surface area contributed by atoms with Crippen LogP contribution >= 0.6 is 0 Å². The van der Waals surface area contributed by atoms with Gasteiger partial charge in [0, 0.05) is 19.3 Å². The average molecular weight is 328 g/mol. The van der Waals surface area contributed by atoms with Crippen molar-refractivity contribution in [3.8, 4) is 0 Å². The van der Waals surface area contributed by atoms with Gasteiger partial charge in [-0.15, -0.1) is 0 Å². The quantitative estimate of drug-likeness (QED) is 0.913. The van der Waals surface area contributed by atoms with Crippen LogP contribution in [0.25, 0.3) is 0 Å². The Morgan fingerprint density at radius 1 is 1.25 bits per heavy atom. The van der Waals surface area contributed by atoms with Crippen LogP contribution in [-0.4, -0.2) is 52.4 Å². The Morgan fingerprint density at radius 2 is 2.04 bits per heavy atom. The van der Waals surface area contributed by atoms with E-state index in [1.165, 1.54) is 5.56 Å². The molecule has 2 atom stereocenters. The maximum absolute atomic E-state index is 12.9. The number of aryl methyl sites for hydroxylation is 2. The third-order valence-electron chi connectivity index (χ3n) is 4.50. The number of carbonyl (C=O) groups excluding carboxylic acids is 1. The molecule has 1 amide bonds. The minimum Gasteiger partial charge on any atom is -0.394 e. The second-order valence-corrected chi connectivity index (χ2v) is 6.27. The van der Waals surface area contributed by atoms with Crippen molar-refractivity contribution in [1.82, 2.24) is 9.47 Å². The lowest BCUT2D eigenvalue weighted by Gasteiger charge is -2.37. The molecule has 0 bridgehead atoms. The highest BCUT2D eigenvalue weighted by Gasteiger charge is 2.30. The first-order chi connectivity index (χ1) is 11.7. The largest absolute Gasteiger partial charge is 0.394 e. The van der Waals surface area contributed by atoms with Crippen LogP contribution in [0, 0.1) is 0 Å². The van der Waals surface area contributed by atoms with Gasteiger partial charge in [0.1, 0.15) is 5.69 Å². The first-order valence-corrected chi connectivity index (χ1v) is 8.41. The normalized spacial score (nSPS) is 21.0. The molecule has 1 fully saturated rings. The van der Waals surface area contributed by atoms with Crippen molar-refractivity contribution in [1.29, 1.82) is 0 Å². The molecular formula is C19H24N2O3. The number of benzene rings is 1. The molecule has 1 aliphatic heterocycles. The van der Waals surface area contributed by atoms with Gasteiger partial charge >= 0.3 is 0 Å². The molecule has 1 N–H and O–H groups in total. The maximum atomic E-state index is 12.9. The number of morpholine rings is 1. The van der Waals surface area contributed by atoms with Gasteiger partial charge in [-0.2, -0.15) is 0 Å². The molecule has 1 saturated heterocycles. The Kier molecular flexibility index (Phi) is 5.33. The van der Waals surface area contributed by atoms with Gasteiger partial charge in [0.25, 0.3) is 5.91 Å². The maximum Gasteiger partial charge on any atom is 0.270 e. The van der Waals surface area contributed by atoms with Gasteiger partial charge in [-0.05, 0) is 31.0 Å². The smallest absolute Gasteiger partial charge is 0.270 e. The summed E-state index contributed by atoms with van der Waals surface area (Å²) in [5.41, 5.74) is 1.95. The predicted octanol–water partition coefficient (Wildman–Crippen LogP) is 1.95. The minimum absolute atomic E-state index is 0.00214. The van der Waals surface area contributed by atoms with Crippen LogP contribution in [0.2, 0.25) is 0 Å². The van der Waals surface area contributed by atoms with E-state index in [0.29, 0.717) is 18.8 Å². The summed E-state index contributed by atoms with van der Waals surface area (Å²) in [6.07, 6.45) is 2.54. The molecular weight excluding hydrogens is 304 g/mol. The van der Waals surface area contributed by atoms with Gasteiger partial charge in [0.2, 0.25) is 0 Å². The molecule has 0 radical (unpaired) electrons. The van der Waals surface area contributed by atoms with E-state index in [9.17, 15) is 9.90 Å². The van der Waals surface area contributed by atoms with Crippen molar-refractivity contribution in [2.75, 3.05) is 19.8 Å². The summed E-state index contributed by atoms with van der Waals surface area (Å²) in [7, 11) is 0. The van der Waals surface area contributed by atoms with Gasteiger partial charge in [-0.3, -0.25) is 4.79 Å². The summed E-state index contributed by atoms with van der Waals surface area (Å²) in [6.45, 7) is 3.57. The highest BCUT2D eigenvalue weighted by Crippen LogP contribution is 2.16. The molecule has 3 rings (SSSR count). The number of aliphatic hydroxyl groups is 1. The van der Waals surface area contributed by atoms with Gasteiger partial charge in [0.05, 0.1) is 25.4 Å². The molecule has 5 heteroatoms. The van der Waals surface area contributed by atoms with E-state index >= 15 is 0 Å². The number of carbonyl (C=O) groups is 1. The number of amides is 1. The van der Waals surface area contributed by atoms with Crippen LogP contribution < -0.4 is 0 Å². The molecule has 1 aromatic carbocycles. The second-order valence-electron chi connectivity index (χ2n) is 6.27. The van der Waals surface area contributed by atoms with E-state index < -0.39 is 0 Å². The fourth-order valence-corrected chi connectivity index (χ4v) is 3.06. The molecule has 128 valence electrons. The van der Waals surface area contributed by atoms with Crippen molar-refractivity contribution in [2.45, 2.75) is 32.0 Å². The van der Waals surface area contributed by atoms with E-state index in [0.717, 1.165) is 13.0 Å². The Morgan fingerprint density at radius 3 is 2.79 bits per heavy atom. The standard InChI is InChI=1S/C19H24N2O3/c1-15-14-24-17(13-22)12-21(15)19(23)18-8-5-10-20(18)11-9-16-6-3-2-4-7-16/h2-8,10,15,17,22H,9,11-14H2,1H3. The monoisotopic (exact) mass is 328 g/mol. The number of aromatic nitrogens is 1. The summed E-state index contributed by atoms with van der Waals surface area (Å²) >= 11 is 0. The molecule has 0 aliphatic carbocycles. The molecule has 1 aromatic heterocycles. The van der Waals surface area contributed by atoms with Crippen molar-refractivity contribution < 1.29 is 14.6 Å². The van der Waals surface area contributed by atoms with Crippen molar-refractivity contribution >= 4 is 5.91 Å². The lowest BCUT2D eigenvalue weighted by Crippen LogP contribution is -2.52. The van der Waals surface area contributed by atoms with Gasteiger partial charge in [-0.25, -0.2) is 0 Å². The summed E-state index contributed by atoms with van der Waals surface area (Å²) in [5.74, 6) is 0.00214. The van der Waals surface area contributed by atoms with Crippen molar-refractivity contribution in [3.05, 3.63) is 59.9 Å². The second kappa shape index (κ2) is 7.64. The first kappa shape index (κ1) is 16.7. The fraction of sp³-hybridized carbons (Fsp3) is 0.421. The molecule has 2 unspecified atom stereocenters. The lowest BCUT2D eigenvalue weighted by molar-refractivity contribution is -0.0669. The Hall–Kier alpha value is -2.11. The zero-order valence-corrected chi connectivity index (χ0v) is 14.0. The first-order valence-electron chi connectivity index (χ1n) is 8.41. The number of nitrogens with zero attached hydrogens (tertiary/aromatic N) is 2. The third-order valence-corrected chi connectivity index (χ3v) is 4.50. The van der Waals surface area contributed by atoms with Crippen LogP contribution in [0.1, 0.15) is 23.0 Å². The van der Waals surface area contributed by atoms with Crippen LogP contribution in [0.5, 0.6) is 0 Å². The van der Waals surface area contributed by atoms with Gasteiger partial charge < -0.3 is 19.3 Å².